The SMILES string of the molecule is CCC(CC)NC(=O)COC(=O)c1cc2c(s1)CCCC2. The van der Waals surface area contributed by atoms with E-state index in [9.17, 15) is 9.59 Å². The van der Waals surface area contributed by atoms with E-state index in [4.69, 9.17) is 4.74 Å². The number of esters is 1. The molecular formula is C16H23NO3S. The molecule has 0 saturated heterocycles. The van der Waals surface area contributed by atoms with Crippen LogP contribution in [0.25, 0.3) is 0 Å². The topological polar surface area (TPSA) is 55.4 Å². The second-order valence-corrected chi connectivity index (χ2v) is 6.56. The molecular weight excluding hydrogens is 286 g/mol. The van der Waals surface area contributed by atoms with Gasteiger partial charge >= 0.3 is 5.97 Å². The number of amides is 1. The summed E-state index contributed by atoms with van der Waals surface area (Å²) in [7, 11) is 0. The molecule has 1 amide bonds. The Hall–Kier alpha value is -1.36. The lowest BCUT2D eigenvalue weighted by Gasteiger charge is -2.14. The van der Waals surface area contributed by atoms with Gasteiger partial charge in [0.05, 0.1) is 0 Å². The van der Waals surface area contributed by atoms with Crippen LogP contribution in [-0.2, 0) is 22.4 Å². The fourth-order valence-electron chi connectivity index (χ4n) is 2.56. The van der Waals surface area contributed by atoms with E-state index in [1.165, 1.54) is 34.6 Å². The van der Waals surface area contributed by atoms with E-state index in [0.29, 0.717) is 4.88 Å². The molecule has 1 heterocycles. The maximum Gasteiger partial charge on any atom is 0.348 e. The molecule has 0 spiro atoms. The van der Waals surface area contributed by atoms with Crippen LogP contribution < -0.4 is 5.32 Å². The summed E-state index contributed by atoms with van der Waals surface area (Å²) in [5.74, 6) is -0.604. The molecule has 0 radical (unpaired) electrons. The van der Waals surface area contributed by atoms with E-state index in [2.05, 4.69) is 5.32 Å². The molecule has 0 fully saturated rings. The first-order chi connectivity index (χ1) is 10.1. The van der Waals surface area contributed by atoms with Gasteiger partial charge in [-0.1, -0.05) is 13.8 Å². The molecule has 2 rings (SSSR count). The largest absolute Gasteiger partial charge is 0.451 e. The summed E-state index contributed by atoms with van der Waals surface area (Å²) in [5, 5.41) is 2.86. The van der Waals surface area contributed by atoms with Gasteiger partial charge in [-0.25, -0.2) is 4.79 Å². The van der Waals surface area contributed by atoms with Gasteiger partial charge in [-0.2, -0.15) is 0 Å². The Morgan fingerprint density at radius 3 is 2.67 bits per heavy atom. The fourth-order valence-corrected chi connectivity index (χ4v) is 3.70. The molecule has 1 aliphatic carbocycles. The molecule has 21 heavy (non-hydrogen) atoms. The minimum absolute atomic E-state index is 0.158. The number of hydrogen-bond acceptors (Lipinski definition) is 4. The molecule has 4 nitrogen and oxygen atoms in total. The lowest BCUT2D eigenvalue weighted by atomic mass is 9.99. The van der Waals surface area contributed by atoms with Crippen LogP contribution in [0.1, 0.15) is 59.6 Å². The number of carbonyl (C=O) groups is 2. The lowest BCUT2D eigenvalue weighted by molar-refractivity contribution is -0.125. The molecule has 0 aromatic carbocycles. The number of fused-ring (bicyclic) bond motifs is 1. The summed E-state index contributed by atoms with van der Waals surface area (Å²) in [5.41, 5.74) is 1.28. The second-order valence-electron chi connectivity index (χ2n) is 5.42. The zero-order chi connectivity index (χ0) is 15.2. The first-order valence-electron chi connectivity index (χ1n) is 7.72. The Morgan fingerprint density at radius 1 is 1.29 bits per heavy atom. The van der Waals surface area contributed by atoms with Gasteiger partial charge in [-0.05, 0) is 50.2 Å². The fraction of sp³-hybridized carbons (Fsp3) is 0.625. The van der Waals surface area contributed by atoms with Gasteiger partial charge in [0, 0.05) is 10.9 Å². The monoisotopic (exact) mass is 309 g/mol. The van der Waals surface area contributed by atoms with Gasteiger partial charge < -0.3 is 10.1 Å². The van der Waals surface area contributed by atoms with Crippen LogP contribution in [0.4, 0.5) is 0 Å². The van der Waals surface area contributed by atoms with Crippen molar-refractivity contribution in [2.75, 3.05) is 6.61 Å². The van der Waals surface area contributed by atoms with E-state index in [1.54, 1.807) is 0 Å². The molecule has 1 N–H and O–H groups in total. The molecule has 1 aromatic rings. The van der Waals surface area contributed by atoms with Crippen LogP contribution in [0.2, 0.25) is 0 Å². The summed E-state index contributed by atoms with van der Waals surface area (Å²) in [6, 6.07) is 2.09. The van der Waals surface area contributed by atoms with Crippen LogP contribution in [0, 0.1) is 0 Å². The normalized spacial score (nSPS) is 13.9. The van der Waals surface area contributed by atoms with Crippen molar-refractivity contribution in [3.05, 3.63) is 21.4 Å². The van der Waals surface area contributed by atoms with Crippen LogP contribution in [-0.4, -0.2) is 24.5 Å². The summed E-state index contributed by atoms with van der Waals surface area (Å²) in [4.78, 5) is 25.6. The first-order valence-corrected chi connectivity index (χ1v) is 8.53. The van der Waals surface area contributed by atoms with Gasteiger partial charge in [0.1, 0.15) is 4.88 Å². The maximum atomic E-state index is 12.0. The molecule has 0 unspecified atom stereocenters. The van der Waals surface area contributed by atoms with Gasteiger partial charge in [-0.3, -0.25) is 4.79 Å². The van der Waals surface area contributed by atoms with Crippen molar-refractivity contribution < 1.29 is 14.3 Å². The summed E-state index contributed by atoms with van der Waals surface area (Å²) in [6.07, 6.45) is 6.26. The van der Waals surface area contributed by atoms with Crippen LogP contribution in [0.5, 0.6) is 0 Å². The van der Waals surface area contributed by atoms with Crippen molar-refractivity contribution in [2.45, 2.75) is 58.4 Å². The molecule has 0 bridgehead atoms. The van der Waals surface area contributed by atoms with E-state index in [0.717, 1.165) is 25.7 Å². The third kappa shape index (κ3) is 4.30. The third-order valence-electron chi connectivity index (χ3n) is 3.88. The highest BCUT2D eigenvalue weighted by Gasteiger charge is 2.19. The number of aryl methyl sites for hydroxylation is 2. The average Bonchev–Trinajstić information content (AvgIpc) is 2.94. The zero-order valence-electron chi connectivity index (χ0n) is 12.7. The molecule has 1 aliphatic rings. The van der Waals surface area contributed by atoms with E-state index in [-0.39, 0.29) is 24.5 Å². The van der Waals surface area contributed by atoms with Gasteiger partial charge in [0.15, 0.2) is 6.61 Å². The highest BCUT2D eigenvalue weighted by Crippen LogP contribution is 2.29. The Balaban J connectivity index is 1.84. The summed E-state index contributed by atoms with van der Waals surface area (Å²) < 4.78 is 5.12. The average molecular weight is 309 g/mol. The van der Waals surface area contributed by atoms with Crippen molar-refractivity contribution in [1.29, 1.82) is 0 Å². The molecule has 0 aliphatic heterocycles. The number of ether oxygens (including phenoxy) is 1. The van der Waals surface area contributed by atoms with Crippen molar-refractivity contribution in [3.63, 3.8) is 0 Å². The van der Waals surface area contributed by atoms with Crippen molar-refractivity contribution >= 4 is 23.2 Å². The number of thiophene rings is 1. The van der Waals surface area contributed by atoms with Crippen molar-refractivity contribution in [3.8, 4) is 0 Å². The number of hydrogen-bond donors (Lipinski definition) is 1. The first kappa shape index (κ1) is 16.0. The Kier molecular flexibility index (Phi) is 5.79. The Bertz CT molecular complexity index is 482. The van der Waals surface area contributed by atoms with E-state index >= 15 is 0 Å². The quantitative estimate of drug-likeness (QED) is 0.822. The predicted molar refractivity (Wildman–Crippen MR) is 83.8 cm³/mol. The minimum atomic E-state index is -0.380. The minimum Gasteiger partial charge on any atom is -0.451 e. The van der Waals surface area contributed by atoms with Crippen molar-refractivity contribution in [1.82, 2.24) is 5.32 Å². The maximum absolute atomic E-state index is 12.0. The van der Waals surface area contributed by atoms with Crippen LogP contribution in [0.15, 0.2) is 6.07 Å². The summed E-state index contributed by atoms with van der Waals surface area (Å²) >= 11 is 1.51. The Morgan fingerprint density at radius 2 is 2.00 bits per heavy atom. The van der Waals surface area contributed by atoms with E-state index < -0.39 is 0 Å². The Labute approximate surface area is 129 Å². The van der Waals surface area contributed by atoms with Crippen LogP contribution >= 0.6 is 11.3 Å². The number of carbonyl (C=O) groups excluding carboxylic acids is 2. The molecule has 0 atom stereocenters. The molecule has 1 aromatic heterocycles. The number of rotatable bonds is 6. The van der Waals surface area contributed by atoms with Gasteiger partial charge in [0.2, 0.25) is 0 Å². The highest BCUT2D eigenvalue weighted by atomic mass is 32.1. The van der Waals surface area contributed by atoms with E-state index in [1.807, 2.05) is 19.9 Å². The lowest BCUT2D eigenvalue weighted by Crippen LogP contribution is -2.36. The summed E-state index contributed by atoms with van der Waals surface area (Å²) in [6.45, 7) is 3.85. The van der Waals surface area contributed by atoms with Crippen LogP contribution in [0.3, 0.4) is 0 Å². The standard InChI is InChI=1S/C16H23NO3S/c1-3-12(4-2)17-15(18)10-20-16(19)14-9-11-7-5-6-8-13(11)21-14/h9,12H,3-8,10H2,1-2H3,(H,17,18). The number of nitrogens with one attached hydrogen (secondary N) is 1. The smallest absolute Gasteiger partial charge is 0.348 e. The zero-order valence-corrected chi connectivity index (χ0v) is 13.6. The van der Waals surface area contributed by atoms with Crippen molar-refractivity contribution in [2.24, 2.45) is 0 Å². The van der Waals surface area contributed by atoms with Gasteiger partial charge in [-0.15, -0.1) is 11.3 Å². The molecule has 116 valence electrons. The highest BCUT2D eigenvalue weighted by molar-refractivity contribution is 7.14. The van der Waals surface area contributed by atoms with Gasteiger partial charge in [0.25, 0.3) is 5.91 Å². The molecule has 0 saturated carbocycles. The predicted octanol–water partition coefficient (Wildman–Crippen LogP) is 3.09. The molecule has 5 heteroatoms. The second kappa shape index (κ2) is 7.59. The third-order valence-corrected chi connectivity index (χ3v) is 5.10.